The van der Waals surface area contributed by atoms with Gasteiger partial charge < -0.3 is 14.8 Å². The van der Waals surface area contributed by atoms with Crippen molar-refractivity contribution in [3.63, 3.8) is 0 Å². The van der Waals surface area contributed by atoms with Gasteiger partial charge in [-0.1, -0.05) is 48.5 Å². The molecule has 1 aromatic heterocycles. The number of para-hydroxylation sites is 1. The molecule has 0 fully saturated rings. The van der Waals surface area contributed by atoms with Crippen molar-refractivity contribution in [2.45, 2.75) is 11.7 Å². The number of rotatable bonds is 9. The van der Waals surface area contributed by atoms with Gasteiger partial charge >= 0.3 is 11.6 Å². The molecule has 0 unspecified atom stereocenters. The molecule has 4 aromatic rings. The van der Waals surface area contributed by atoms with Gasteiger partial charge in [-0.3, -0.25) is 10.1 Å². The minimum absolute atomic E-state index is 0.0850. The maximum absolute atomic E-state index is 12.3. The first-order valence-electron chi connectivity index (χ1n) is 10.7. The Labute approximate surface area is 212 Å². The van der Waals surface area contributed by atoms with Gasteiger partial charge in [0.2, 0.25) is 15.7 Å². The van der Waals surface area contributed by atoms with Gasteiger partial charge in [0.1, 0.15) is 5.75 Å². The second kappa shape index (κ2) is 10.7. The van der Waals surface area contributed by atoms with E-state index in [0.717, 1.165) is 11.8 Å². The summed E-state index contributed by atoms with van der Waals surface area (Å²) >= 11 is 0. The number of anilines is 1. The Morgan fingerprint density at radius 1 is 0.973 bits per heavy atom. The number of sulfone groups is 1. The number of hydrogen-bond donors (Lipinski definition) is 1. The molecule has 0 saturated heterocycles. The molecule has 3 aromatic carbocycles. The van der Waals surface area contributed by atoms with Gasteiger partial charge in [0.15, 0.2) is 11.5 Å². The standard InChI is InChI=1S/C25H19N5O6S/c1-37(33,34)25-28-23(27-16-17-8-4-2-5-9-17)22(30(31)32)24(29-25)36-21-14-18(15-26)12-13-20(21)35-19-10-6-3-7-11-19/h2-14H,16H2,1H3,(H,27,28,29). The summed E-state index contributed by atoms with van der Waals surface area (Å²) in [6.07, 6.45) is 0.874. The minimum Gasteiger partial charge on any atom is -0.453 e. The second-order valence-electron chi connectivity index (χ2n) is 7.67. The van der Waals surface area contributed by atoms with Crippen molar-refractivity contribution in [3.05, 3.63) is 100 Å². The highest BCUT2D eigenvalue weighted by Crippen LogP contribution is 2.40. The average Bonchev–Trinajstić information content (AvgIpc) is 2.88. The third-order valence-electron chi connectivity index (χ3n) is 4.90. The molecule has 0 aliphatic carbocycles. The summed E-state index contributed by atoms with van der Waals surface area (Å²) in [5.74, 6) is -0.502. The first kappa shape index (κ1) is 25.1. The van der Waals surface area contributed by atoms with E-state index >= 15 is 0 Å². The van der Waals surface area contributed by atoms with Crippen LogP contribution in [0.15, 0.2) is 84.0 Å². The van der Waals surface area contributed by atoms with Crippen LogP contribution in [0.3, 0.4) is 0 Å². The van der Waals surface area contributed by atoms with Crippen LogP contribution in [-0.4, -0.2) is 29.6 Å². The first-order chi connectivity index (χ1) is 17.7. The molecule has 0 spiro atoms. The molecule has 0 aliphatic heterocycles. The summed E-state index contributed by atoms with van der Waals surface area (Å²) < 4.78 is 36.2. The van der Waals surface area contributed by atoms with Gasteiger partial charge in [-0.05, 0) is 29.8 Å². The number of aromatic nitrogens is 2. The maximum Gasteiger partial charge on any atom is 0.373 e. The average molecular weight is 518 g/mol. The van der Waals surface area contributed by atoms with Crippen molar-refractivity contribution < 1.29 is 22.8 Å². The summed E-state index contributed by atoms with van der Waals surface area (Å²) in [6.45, 7) is 0.119. The molecular weight excluding hydrogens is 498 g/mol. The quantitative estimate of drug-likeness (QED) is 0.185. The highest BCUT2D eigenvalue weighted by molar-refractivity contribution is 7.90. The number of nitrogens with zero attached hydrogens (tertiary/aromatic N) is 4. The van der Waals surface area contributed by atoms with Gasteiger partial charge in [-0.2, -0.15) is 15.2 Å². The lowest BCUT2D eigenvalue weighted by atomic mass is 10.2. The van der Waals surface area contributed by atoms with E-state index in [1.807, 2.05) is 12.1 Å². The Kier molecular flexibility index (Phi) is 7.26. The lowest BCUT2D eigenvalue weighted by molar-refractivity contribution is -0.385. The second-order valence-corrected chi connectivity index (χ2v) is 9.58. The zero-order chi connectivity index (χ0) is 26.4. The molecule has 0 amide bonds. The van der Waals surface area contributed by atoms with E-state index in [2.05, 4.69) is 15.3 Å². The van der Waals surface area contributed by atoms with Crippen LogP contribution in [0.4, 0.5) is 11.5 Å². The minimum atomic E-state index is -3.99. The van der Waals surface area contributed by atoms with Gasteiger partial charge in [0.25, 0.3) is 5.16 Å². The lowest BCUT2D eigenvalue weighted by Gasteiger charge is -2.14. The monoisotopic (exact) mass is 517 g/mol. The molecule has 0 aliphatic rings. The molecule has 12 heteroatoms. The summed E-state index contributed by atoms with van der Waals surface area (Å²) in [6, 6.07) is 23.8. The molecule has 1 N–H and O–H groups in total. The molecular formula is C25H19N5O6S. The van der Waals surface area contributed by atoms with Crippen LogP contribution in [0.5, 0.6) is 23.1 Å². The molecule has 0 bridgehead atoms. The van der Waals surface area contributed by atoms with E-state index in [-0.39, 0.29) is 29.4 Å². The first-order valence-corrected chi connectivity index (χ1v) is 12.6. The Balaban J connectivity index is 1.81. The summed E-state index contributed by atoms with van der Waals surface area (Å²) in [5, 5.41) is 23.6. The smallest absolute Gasteiger partial charge is 0.373 e. The SMILES string of the molecule is CS(=O)(=O)c1nc(NCc2ccccc2)c([N+](=O)[O-])c(Oc2cc(C#N)ccc2Oc2ccccc2)n1. The summed E-state index contributed by atoms with van der Waals surface area (Å²) in [7, 11) is -3.99. The molecule has 11 nitrogen and oxygen atoms in total. The molecule has 0 atom stereocenters. The van der Waals surface area contributed by atoms with Crippen LogP contribution in [0.1, 0.15) is 11.1 Å². The topological polar surface area (TPSA) is 157 Å². The van der Waals surface area contributed by atoms with Crippen molar-refractivity contribution in [1.29, 1.82) is 5.26 Å². The Morgan fingerprint density at radius 3 is 2.27 bits per heavy atom. The number of nitrogens with one attached hydrogen (secondary N) is 1. The predicted octanol–water partition coefficient (Wildman–Crippen LogP) is 4.86. The van der Waals surface area contributed by atoms with Crippen LogP contribution < -0.4 is 14.8 Å². The zero-order valence-corrected chi connectivity index (χ0v) is 20.2. The number of nitriles is 1. The molecule has 4 rings (SSSR count). The normalized spacial score (nSPS) is 10.8. The number of benzene rings is 3. The fourth-order valence-electron chi connectivity index (χ4n) is 3.18. The largest absolute Gasteiger partial charge is 0.453 e. The molecule has 0 radical (unpaired) electrons. The van der Waals surface area contributed by atoms with Crippen LogP contribution in [0.2, 0.25) is 0 Å². The van der Waals surface area contributed by atoms with Crippen LogP contribution >= 0.6 is 0 Å². The Morgan fingerprint density at radius 2 is 1.65 bits per heavy atom. The van der Waals surface area contributed by atoms with Crippen LogP contribution in [0, 0.1) is 21.4 Å². The van der Waals surface area contributed by atoms with Crippen molar-refractivity contribution in [2.75, 3.05) is 11.6 Å². The third-order valence-corrected chi connectivity index (χ3v) is 5.74. The van der Waals surface area contributed by atoms with Gasteiger partial charge in [-0.15, -0.1) is 0 Å². The Hall–Kier alpha value is -5.02. The van der Waals surface area contributed by atoms with Crippen molar-refractivity contribution in [1.82, 2.24) is 9.97 Å². The van der Waals surface area contributed by atoms with Gasteiger partial charge in [0, 0.05) is 18.9 Å². The van der Waals surface area contributed by atoms with Gasteiger partial charge in [0.05, 0.1) is 16.6 Å². The van der Waals surface area contributed by atoms with E-state index in [1.165, 1.54) is 18.2 Å². The van der Waals surface area contributed by atoms with Crippen LogP contribution in [-0.2, 0) is 16.4 Å². The third kappa shape index (κ3) is 6.16. The fraction of sp³-hybridized carbons (Fsp3) is 0.0800. The number of hydrogen-bond acceptors (Lipinski definition) is 10. The Bertz CT molecular complexity index is 1590. The van der Waals surface area contributed by atoms with E-state index in [0.29, 0.717) is 5.75 Å². The molecule has 186 valence electrons. The number of ether oxygens (including phenoxy) is 2. The number of nitro groups is 1. The maximum atomic E-state index is 12.3. The summed E-state index contributed by atoms with van der Waals surface area (Å²) in [5.41, 5.74) is 0.272. The van der Waals surface area contributed by atoms with E-state index in [4.69, 9.17) is 9.47 Å². The highest BCUT2D eigenvalue weighted by Gasteiger charge is 2.30. The lowest BCUT2D eigenvalue weighted by Crippen LogP contribution is -2.12. The highest BCUT2D eigenvalue weighted by atomic mass is 32.2. The van der Waals surface area contributed by atoms with E-state index in [9.17, 15) is 23.8 Å². The van der Waals surface area contributed by atoms with E-state index in [1.54, 1.807) is 54.6 Å². The zero-order valence-electron chi connectivity index (χ0n) is 19.4. The molecule has 0 saturated carbocycles. The van der Waals surface area contributed by atoms with Crippen molar-refractivity contribution in [2.24, 2.45) is 0 Å². The van der Waals surface area contributed by atoms with E-state index < -0.39 is 31.5 Å². The van der Waals surface area contributed by atoms with Crippen molar-refractivity contribution >= 4 is 21.3 Å². The molecule has 1 heterocycles. The van der Waals surface area contributed by atoms with Gasteiger partial charge in [-0.25, -0.2) is 8.42 Å². The van der Waals surface area contributed by atoms with Crippen LogP contribution in [0.25, 0.3) is 0 Å². The summed E-state index contributed by atoms with van der Waals surface area (Å²) in [4.78, 5) is 19.0. The fourth-order valence-corrected chi connectivity index (χ4v) is 3.69. The van der Waals surface area contributed by atoms with Crippen molar-refractivity contribution in [3.8, 4) is 29.2 Å². The predicted molar refractivity (Wildman–Crippen MR) is 133 cm³/mol. The molecule has 37 heavy (non-hydrogen) atoms.